The van der Waals surface area contributed by atoms with Crippen LogP contribution in [0.2, 0.25) is 0 Å². The molecule has 26 heavy (non-hydrogen) atoms. The molecule has 140 valence electrons. The molecule has 2 rings (SSSR count). The summed E-state index contributed by atoms with van der Waals surface area (Å²) in [7, 11) is 0. The lowest BCUT2D eigenvalue weighted by Crippen LogP contribution is -2.46. The zero-order valence-corrected chi connectivity index (χ0v) is 16.8. The molecule has 0 aliphatic carbocycles. The van der Waals surface area contributed by atoms with E-state index in [0.29, 0.717) is 12.2 Å². The molecule has 0 heterocycles. The lowest BCUT2D eigenvalue weighted by molar-refractivity contribution is 0.112. The second kappa shape index (κ2) is 8.05. The van der Waals surface area contributed by atoms with E-state index in [0.717, 1.165) is 34.3 Å². The van der Waals surface area contributed by atoms with Crippen LogP contribution in [0.25, 0.3) is 0 Å². The predicted octanol–water partition coefficient (Wildman–Crippen LogP) is 5.16. The van der Waals surface area contributed by atoms with Crippen LogP contribution in [0, 0.1) is 25.7 Å². The third-order valence-electron chi connectivity index (χ3n) is 5.46. The number of benzene rings is 2. The number of carbonyl (C=O) groups is 1. The van der Waals surface area contributed by atoms with Crippen molar-refractivity contribution >= 4 is 6.29 Å². The summed E-state index contributed by atoms with van der Waals surface area (Å²) < 4.78 is 6.09. The molecule has 2 aromatic carbocycles. The third-order valence-corrected chi connectivity index (χ3v) is 5.46. The summed E-state index contributed by atoms with van der Waals surface area (Å²) in [4.78, 5) is 11.5. The number of rotatable bonds is 7. The van der Waals surface area contributed by atoms with Crippen LogP contribution >= 0.6 is 0 Å². The zero-order chi connectivity index (χ0) is 19.5. The van der Waals surface area contributed by atoms with E-state index >= 15 is 0 Å². The first kappa shape index (κ1) is 20.2. The van der Waals surface area contributed by atoms with Crippen molar-refractivity contribution in [1.82, 2.24) is 0 Å². The van der Waals surface area contributed by atoms with Gasteiger partial charge in [0, 0.05) is 16.7 Å². The number of aryl methyl sites for hydroxylation is 2. The van der Waals surface area contributed by atoms with Crippen molar-refractivity contribution in [3.05, 3.63) is 64.2 Å². The molecule has 0 unspecified atom stereocenters. The largest absolute Gasteiger partial charge is 0.488 e. The van der Waals surface area contributed by atoms with Crippen LogP contribution < -0.4 is 10.5 Å². The van der Waals surface area contributed by atoms with Gasteiger partial charge in [0.25, 0.3) is 0 Å². The topological polar surface area (TPSA) is 52.3 Å². The van der Waals surface area contributed by atoms with Gasteiger partial charge in [-0.15, -0.1) is 0 Å². The molecule has 0 aromatic heterocycles. The van der Waals surface area contributed by atoms with Gasteiger partial charge in [0.2, 0.25) is 0 Å². The van der Waals surface area contributed by atoms with Crippen molar-refractivity contribution in [3.8, 4) is 5.75 Å². The highest BCUT2D eigenvalue weighted by Crippen LogP contribution is 2.35. The van der Waals surface area contributed by atoms with Crippen LogP contribution in [0.3, 0.4) is 0 Å². The quantitative estimate of drug-likeness (QED) is 0.699. The van der Waals surface area contributed by atoms with Crippen LogP contribution in [-0.4, -0.2) is 6.29 Å². The van der Waals surface area contributed by atoms with Gasteiger partial charge in [-0.2, -0.15) is 0 Å². The van der Waals surface area contributed by atoms with E-state index < -0.39 is 5.54 Å². The summed E-state index contributed by atoms with van der Waals surface area (Å²) in [5.74, 6) is 1.43. The van der Waals surface area contributed by atoms with Crippen LogP contribution in [-0.2, 0) is 12.1 Å². The molecule has 0 aliphatic rings. The van der Waals surface area contributed by atoms with Gasteiger partial charge in [-0.05, 0) is 48.4 Å². The van der Waals surface area contributed by atoms with E-state index in [1.807, 2.05) is 50.2 Å². The van der Waals surface area contributed by atoms with Crippen molar-refractivity contribution in [2.45, 2.75) is 53.7 Å². The normalized spacial score (nSPS) is 11.9. The molecule has 0 atom stereocenters. The SMILES string of the molecule is Cc1cccc(C)c1OCc1cc(C(N)(C(C)C)C(C)C)ccc1C=O. The molecule has 0 amide bonds. The van der Waals surface area contributed by atoms with Crippen LogP contribution in [0.5, 0.6) is 5.75 Å². The molecular formula is C23H31NO2. The van der Waals surface area contributed by atoms with E-state index in [4.69, 9.17) is 10.5 Å². The minimum Gasteiger partial charge on any atom is -0.488 e. The molecule has 3 nitrogen and oxygen atoms in total. The molecule has 3 heteroatoms. The number of carbonyl (C=O) groups excluding carboxylic acids is 1. The Kier molecular flexibility index (Phi) is 6.25. The predicted molar refractivity (Wildman–Crippen MR) is 108 cm³/mol. The third kappa shape index (κ3) is 3.83. The average molecular weight is 354 g/mol. The Hall–Kier alpha value is -2.13. The van der Waals surface area contributed by atoms with Gasteiger partial charge in [0.05, 0.1) is 0 Å². The van der Waals surface area contributed by atoms with E-state index in [1.54, 1.807) is 0 Å². The van der Waals surface area contributed by atoms with Crippen molar-refractivity contribution in [2.24, 2.45) is 17.6 Å². The maximum Gasteiger partial charge on any atom is 0.150 e. The second-order valence-corrected chi connectivity index (χ2v) is 7.78. The molecule has 2 N–H and O–H groups in total. The number of nitrogens with two attached hydrogens (primary N) is 1. The second-order valence-electron chi connectivity index (χ2n) is 7.78. The first-order valence-electron chi connectivity index (χ1n) is 9.28. The fourth-order valence-electron chi connectivity index (χ4n) is 3.63. The first-order valence-corrected chi connectivity index (χ1v) is 9.28. The number of hydrogen-bond acceptors (Lipinski definition) is 3. The molecule has 0 radical (unpaired) electrons. The minimum absolute atomic E-state index is 0.275. The molecule has 0 fully saturated rings. The monoisotopic (exact) mass is 353 g/mol. The fraction of sp³-hybridized carbons (Fsp3) is 0.435. The number of ether oxygens (including phenoxy) is 1. The van der Waals surface area contributed by atoms with Gasteiger partial charge in [-0.25, -0.2) is 0 Å². The number of aldehydes is 1. The van der Waals surface area contributed by atoms with E-state index in [9.17, 15) is 4.79 Å². The molecule has 0 bridgehead atoms. The molecule has 0 aliphatic heterocycles. The van der Waals surface area contributed by atoms with Crippen LogP contribution in [0.15, 0.2) is 36.4 Å². The van der Waals surface area contributed by atoms with E-state index in [-0.39, 0.29) is 11.8 Å². The van der Waals surface area contributed by atoms with Crippen molar-refractivity contribution in [2.75, 3.05) is 0 Å². The Morgan fingerprint density at radius 1 is 1.04 bits per heavy atom. The van der Waals surface area contributed by atoms with Gasteiger partial charge in [0.15, 0.2) is 0 Å². The van der Waals surface area contributed by atoms with Gasteiger partial charge >= 0.3 is 0 Å². The van der Waals surface area contributed by atoms with Crippen molar-refractivity contribution in [3.63, 3.8) is 0 Å². The molecule has 2 aromatic rings. The Morgan fingerprint density at radius 2 is 1.62 bits per heavy atom. The van der Waals surface area contributed by atoms with E-state index in [1.165, 1.54) is 0 Å². The fourth-order valence-corrected chi connectivity index (χ4v) is 3.63. The van der Waals surface area contributed by atoms with Gasteiger partial charge in [-0.3, -0.25) is 4.79 Å². The number of para-hydroxylation sites is 1. The number of hydrogen-bond donors (Lipinski definition) is 1. The summed E-state index contributed by atoms with van der Waals surface area (Å²) in [5, 5.41) is 0. The first-order chi connectivity index (χ1) is 12.2. The zero-order valence-electron chi connectivity index (χ0n) is 16.8. The Bertz CT molecular complexity index is 750. The summed E-state index contributed by atoms with van der Waals surface area (Å²) in [6, 6.07) is 12.0. The standard InChI is InChI=1S/C23H31NO2/c1-15(2)23(24,16(3)4)21-11-10-19(13-25)20(12-21)14-26-22-17(5)8-7-9-18(22)6/h7-13,15-16H,14,24H2,1-6H3. The van der Waals surface area contributed by atoms with E-state index in [2.05, 4.69) is 27.7 Å². The molecular weight excluding hydrogens is 322 g/mol. The highest BCUT2D eigenvalue weighted by atomic mass is 16.5. The van der Waals surface area contributed by atoms with Crippen LogP contribution in [0.1, 0.15) is 60.3 Å². The summed E-state index contributed by atoms with van der Waals surface area (Å²) in [6.45, 7) is 13.0. The average Bonchev–Trinajstić information content (AvgIpc) is 2.60. The smallest absolute Gasteiger partial charge is 0.150 e. The molecule has 0 spiro atoms. The van der Waals surface area contributed by atoms with Gasteiger partial charge in [-0.1, -0.05) is 58.0 Å². The summed E-state index contributed by atoms with van der Waals surface area (Å²) >= 11 is 0. The summed E-state index contributed by atoms with van der Waals surface area (Å²) in [6.07, 6.45) is 0.885. The van der Waals surface area contributed by atoms with Gasteiger partial charge < -0.3 is 10.5 Å². The molecule has 0 saturated heterocycles. The van der Waals surface area contributed by atoms with Gasteiger partial charge in [0.1, 0.15) is 18.6 Å². The highest BCUT2D eigenvalue weighted by Gasteiger charge is 2.35. The Labute approximate surface area is 157 Å². The van der Waals surface area contributed by atoms with Crippen molar-refractivity contribution < 1.29 is 9.53 Å². The lowest BCUT2D eigenvalue weighted by atomic mass is 9.72. The maximum absolute atomic E-state index is 11.5. The lowest BCUT2D eigenvalue weighted by Gasteiger charge is -2.38. The maximum atomic E-state index is 11.5. The van der Waals surface area contributed by atoms with Crippen LogP contribution in [0.4, 0.5) is 0 Å². The summed E-state index contributed by atoms with van der Waals surface area (Å²) in [5.41, 5.74) is 11.1. The highest BCUT2D eigenvalue weighted by molar-refractivity contribution is 5.77. The van der Waals surface area contributed by atoms with Crippen molar-refractivity contribution in [1.29, 1.82) is 0 Å². The Balaban J connectivity index is 2.40. The Morgan fingerprint density at radius 3 is 2.12 bits per heavy atom. The minimum atomic E-state index is -0.450. The molecule has 0 saturated carbocycles.